The molecule has 2 heterocycles. The van der Waals surface area contributed by atoms with E-state index in [-0.39, 0.29) is 24.6 Å². The van der Waals surface area contributed by atoms with Crippen LogP contribution in [0.3, 0.4) is 0 Å². The average Bonchev–Trinajstić information content (AvgIpc) is 3.27. The summed E-state index contributed by atoms with van der Waals surface area (Å²) < 4.78 is 12.9. The SMILES string of the molecule is COc1ccc2c(=O)n3c(c(-c4ccccc4)c2c1)-c1ccccc1C3CC(=O)OCc1ccccc1. The summed E-state index contributed by atoms with van der Waals surface area (Å²) in [5.74, 6) is 0.334. The standard InChI is InChI=1S/C32H25NO4/c1-36-23-16-17-26-27(18-23)30(22-12-6-3-7-13-22)31-25-15-9-8-14-24(25)28(33(31)32(26)35)19-29(34)37-20-21-10-4-2-5-11-21/h2-18,28H,19-20H2,1H3. The highest BCUT2D eigenvalue weighted by Gasteiger charge is 2.35. The van der Waals surface area contributed by atoms with E-state index in [4.69, 9.17) is 9.47 Å². The topological polar surface area (TPSA) is 57.5 Å². The van der Waals surface area contributed by atoms with Crippen molar-refractivity contribution in [2.75, 3.05) is 7.11 Å². The summed E-state index contributed by atoms with van der Waals surface area (Å²) >= 11 is 0. The first-order chi connectivity index (χ1) is 18.2. The van der Waals surface area contributed by atoms with E-state index in [0.717, 1.165) is 38.9 Å². The van der Waals surface area contributed by atoms with E-state index in [1.165, 1.54) is 0 Å². The summed E-state index contributed by atoms with van der Waals surface area (Å²) in [6.07, 6.45) is 0.0621. The fourth-order valence-electron chi connectivity index (χ4n) is 5.28. The van der Waals surface area contributed by atoms with E-state index >= 15 is 0 Å². The van der Waals surface area contributed by atoms with Crippen LogP contribution < -0.4 is 10.3 Å². The molecule has 0 amide bonds. The van der Waals surface area contributed by atoms with Crippen molar-refractivity contribution in [3.05, 3.63) is 125 Å². The van der Waals surface area contributed by atoms with E-state index < -0.39 is 6.04 Å². The zero-order chi connectivity index (χ0) is 25.4. The number of methoxy groups -OCH3 is 1. The zero-order valence-electron chi connectivity index (χ0n) is 20.4. The Labute approximate surface area is 214 Å². The van der Waals surface area contributed by atoms with E-state index in [1.807, 2.05) is 97.1 Å². The van der Waals surface area contributed by atoms with Crippen molar-refractivity contribution in [3.8, 4) is 28.1 Å². The molecule has 1 aromatic heterocycles. The number of ether oxygens (including phenoxy) is 2. The molecular formula is C32H25NO4. The predicted octanol–water partition coefficient (Wildman–Crippen LogP) is 6.38. The highest BCUT2D eigenvalue weighted by molar-refractivity contribution is 6.04. The number of aromatic nitrogens is 1. The number of carbonyl (C=O) groups excluding carboxylic acids is 1. The van der Waals surface area contributed by atoms with Crippen LogP contribution >= 0.6 is 0 Å². The van der Waals surface area contributed by atoms with Gasteiger partial charge in [-0.15, -0.1) is 0 Å². The molecule has 0 N–H and O–H groups in total. The molecule has 1 atom stereocenters. The van der Waals surface area contributed by atoms with E-state index in [9.17, 15) is 9.59 Å². The first kappa shape index (κ1) is 22.8. The summed E-state index contributed by atoms with van der Waals surface area (Å²) in [6.45, 7) is 0.197. The monoisotopic (exact) mass is 487 g/mol. The number of hydrogen-bond acceptors (Lipinski definition) is 4. The van der Waals surface area contributed by atoms with Gasteiger partial charge in [0.25, 0.3) is 5.56 Å². The maximum absolute atomic E-state index is 14.0. The molecule has 5 nitrogen and oxygen atoms in total. The molecule has 1 aliphatic rings. The molecule has 0 saturated heterocycles. The molecule has 5 heteroatoms. The molecule has 4 aromatic carbocycles. The van der Waals surface area contributed by atoms with Crippen molar-refractivity contribution in [2.45, 2.75) is 19.1 Å². The van der Waals surface area contributed by atoms with Gasteiger partial charge in [0.1, 0.15) is 12.4 Å². The second-order valence-corrected chi connectivity index (χ2v) is 9.13. The van der Waals surface area contributed by atoms with Gasteiger partial charge in [-0.2, -0.15) is 0 Å². The Morgan fingerprint density at radius 1 is 0.838 bits per heavy atom. The van der Waals surface area contributed by atoms with Crippen LogP contribution in [0.1, 0.15) is 23.6 Å². The third kappa shape index (κ3) is 3.99. The van der Waals surface area contributed by atoms with Crippen molar-refractivity contribution in [2.24, 2.45) is 0 Å². The van der Waals surface area contributed by atoms with Gasteiger partial charge in [0.05, 0.1) is 25.3 Å². The maximum atomic E-state index is 14.0. The van der Waals surface area contributed by atoms with Gasteiger partial charge in [-0.3, -0.25) is 14.2 Å². The van der Waals surface area contributed by atoms with Gasteiger partial charge in [0.15, 0.2) is 0 Å². The summed E-state index contributed by atoms with van der Waals surface area (Å²) in [5, 5.41) is 1.41. The highest BCUT2D eigenvalue weighted by atomic mass is 16.5. The maximum Gasteiger partial charge on any atom is 0.308 e. The van der Waals surface area contributed by atoms with Gasteiger partial charge >= 0.3 is 5.97 Å². The van der Waals surface area contributed by atoms with Crippen molar-refractivity contribution >= 4 is 16.7 Å². The molecule has 37 heavy (non-hydrogen) atoms. The van der Waals surface area contributed by atoms with Crippen LogP contribution in [-0.4, -0.2) is 17.6 Å². The van der Waals surface area contributed by atoms with Gasteiger partial charge in [-0.1, -0.05) is 84.9 Å². The van der Waals surface area contributed by atoms with Crippen LogP contribution in [0, 0.1) is 0 Å². The molecule has 0 saturated carbocycles. The van der Waals surface area contributed by atoms with Crippen molar-refractivity contribution < 1.29 is 14.3 Å². The number of hydrogen-bond donors (Lipinski definition) is 0. The fraction of sp³-hybridized carbons (Fsp3) is 0.125. The average molecular weight is 488 g/mol. The second-order valence-electron chi connectivity index (χ2n) is 9.13. The van der Waals surface area contributed by atoms with Crippen LogP contribution in [0.5, 0.6) is 5.75 Å². The van der Waals surface area contributed by atoms with Crippen LogP contribution in [0.25, 0.3) is 33.2 Å². The molecule has 6 rings (SSSR count). The molecule has 1 unspecified atom stereocenters. The number of rotatable bonds is 6. The third-order valence-corrected chi connectivity index (χ3v) is 6.97. The molecular weight excluding hydrogens is 462 g/mol. The lowest BCUT2D eigenvalue weighted by Gasteiger charge is -2.19. The number of pyridine rings is 1. The number of esters is 1. The van der Waals surface area contributed by atoms with Gasteiger partial charge in [0.2, 0.25) is 0 Å². The summed E-state index contributed by atoms with van der Waals surface area (Å²) in [6, 6.07) is 32.6. The Bertz CT molecular complexity index is 1670. The first-order valence-electron chi connectivity index (χ1n) is 12.3. The van der Waals surface area contributed by atoms with Crippen molar-refractivity contribution in [1.82, 2.24) is 4.57 Å². The largest absolute Gasteiger partial charge is 0.497 e. The lowest BCUT2D eigenvalue weighted by Crippen LogP contribution is -2.26. The molecule has 0 aliphatic carbocycles. The minimum absolute atomic E-state index is 0.0621. The summed E-state index contributed by atoms with van der Waals surface area (Å²) in [7, 11) is 1.62. The molecule has 0 radical (unpaired) electrons. The van der Waals surface area contributed by atoms with Gasteiger partial charge in [-0.25, -0.2) is 0 Å². The number of fused-ring (bicyclic) bond motifs is 4. The number of carbonyl (C=O) groups is 1. The minimum atomic E-state index is -0.462. The Hall–Kier alpha value is -4.64. The quantitative estimate of drug-likeness (QED) is 0.261. The molecule has 0 bridgehead atoms. The molecule has 1 aliphatic heterocycles. The normalized spacial score (nSPS) is 13.7. The first-order valence-corrected chi connectivity index (χ1v) is 12.3. The predicted molar refractivity (Wildman–Crippen MR) is 145 cm³/mol. The van der Waals surface area contributed by atoms with Gasteiger partial charge in [-0.05, 0) is 34.9 Å². The van der Waals surface area contributed by atoms with Crippen LogP contribution in [0.2, 0.25) is 0 Å². The van der Waals surface area contributed by atoms with E-state index in [1.54, 1.807) is 17.7 Å². The summed E-state index contributed by atoms with van der Waals surface area (Å²) in [5.41, 5.74) is 5.43. The van der Waals surface area contributed by atoms with E-state index in [2.05, 4.69) is 0 Å². The number of benzene rings is 4. The minimum Gasteiger partial charge on any atom is -0.497 e. The Morgan fingerprint density at radius 3 is 2.30 bits per heavy atom. The lowest BCUT2D eigenvalue weighted by atomic mass is 9.93. The van der Waals surface area contributed by atoms with Gasteiger partial charge < -0.3 is 9.47 Å². The highest BCUT2D eigenvalue weighted by Crippen LogP contribution is 2.47. The van der Waals surface area contributed by atoms with Crippen LogP contribution in [0.4, 0.5) is 0 Å². The Kier molecular flexibility index (Phi) is 5.81. The Morgan fingerprint density at radius 2 is 1.54 bits per heavy atom. The zero-order valence-corrected chi connectivity index (χ0v) is 20.4. The molecule has 0 fully saturated rings. The Balaban J connectivity index is 1.53. The third-order valence-electron chi connectivity index (χ3n) is 6.97. The molecule has 5 aromatic rings. The van der Waals surface area contributed by atoms with Crippen LogP contribution in [-0.2, 0) is 16.1 Å². The summed E-state index contributed by atoms with van der Waals surface area (Å²) in [4.78, 5) is 27.1. The fourth-order valence-corrected chi connectivity index (χ4v) is 5.28. The lowest BCUT2D eigenvalue weighted by molar-refractivity contribution is -0.145. The number of nitrogens with zero attached hydrogens (tertiary/aromatic N) is 1. The van der Waals surface area contributed by atoms with Crippen LogP contribution in [0.15, 0.2) is 108 Å². The molecule has 182 valence electrons. The van der Waals surface area contributed by atoms with Crippen molar-refractivity contribution in [3.63, 3.8) is 0 Å². The van der Waals surface area contributed by atoms with E-state index in [0.29, 0.717) is 11.1 Å². The van der Waals surface area contributed by atoms with Crippen molar-refractivity contribution in [1.29, 1.82) is 0 Å². The second kappa shape index (κ2) is 9.43. The van der Waals surface area contributed by atoms with Gasteiger partial charge in [0, 0.05) is 21.9 Å². The molecule has 0 spiro atoms. The smallest absolute Gasteiger partial charge is 0.308 e.